The molecule has 2 fully saturated rings. The molecule has 0 unspecified atom stereocenters. The lowest BCUT2D eigenvalue weighted by molar-refractivity contribution is -0.133. The number of carbonyl (C=O) groups excluding carboxylic acids is 1. The summed E-state index contributed by atoms with van der Waals surface area (Å²) in [7, 11) is 3.91. The first-order valence-corrected chi connectivity index (χ1v) is 10.4. The van der Waals surface area contributed by atoms with E-state index < -0.39 is 0 Å². The Morgan fingerprint density at radius 2 is 1.90 bits per heavy atom. The van der Waals surface area contributed by atoms with Crippen molar-refractivity contribution < 1.29 is 9.90 Å². The van der Waals surface area contributed by atoms with Crippen molar-refractivity contribution in [2.75, 3.05) is 40.3 Å². The maximum Gasteiger partial charge on any atom is 0.237 e. The summed E-state index contributed by atoms with van der Waals surface area (Å²) < 4.78 is 0. The van der Waals surface area contributed by atoms with E-state index in [4.69, 9.17) is 0 Å². The highest BCUT2D eigenvalue weighted by Crippen LogP contribution is 2.46. The summed E-state index contributed by atoms with van der Waals surface area (Å²) >= 11 is 0. The third-order valence-electron chi connectivity index (χ3n) is 6.34. The molecule has 2 aliphatic rings. The van der Waals surface area contributed by atoms with Crippen molar-refractivity contribution in [2.24, 2.45) is 11.8 Å². The van der Waals surface area contributed by atoms with Crippen LogP contribution in [0.5, 0.6) is 5.75 Å². The zero-order chi connectivity index (χ0) is 20.5. The highest BCUT2D eigenvalue weighted by atomic mass is 16.3. The summed E-state index contributed by atoms with van der Waals surface area (Å²) in [6, 6.07) is 16.2. The smallest absolute Gasteiger partial charge is 0.237 e. The maximum atomic E-state index is 13.0. The third kappa shape index (κ3) is 4.16. The minimum atomic E-state index is 0.142. The van der Waals surface area contributed by atoms with E-state index in [0.717, 1.165) is 31.7 Å². The van der Waals surface area contributed by atoms with Crippen molar-refractivity contribution in [1.29, 1.82) is 0 Å². The molecule has 2 aromatic carbocycles. The van der Waals surface area contributed by atoms with E-state index >= 15 is 0 Å². The summed E-state index contributed by atoms with van der Waals surface area (Å²) in [6.07, 6.45) is 0. The highest BCUT2D eigenvalue weighted by molar-refractivity contribution is 5.79. The first kappa shape index (κ1) is 19.9. The predicted octanol–water partition coefficient (Wildman–Crippen LogP) is 2.89. The van der Waals surface area contributed by atoms with Gasteiger partial charge in [-0.05, 0) is 55.8 Å². The quantitative estimate of drug-likeness (QED) is 0.849. The Kier molecular flexibility index (Phi) is 5.61. The average Bonchev–Trinajstić information content (AvgIpc) is 3.19. The molecule has 2 saturated heterocycles. The summed E-state index contributed by atoms with van der Waals surface area (Å²) in [5.74, 6) is 1.47. The molecule has 2 aromatic rings. The minimum absolute atomic E-state index is 0.142. The van der Waals surface area contributed by atoms with Gasteiger partial charge >= 0.3 is 0 Å². The summed E-state index contributed by atoms with van der Waals surface area (Å²) in [6.45, 7) is 6.24. The number of benzene rings is 2. The predicted molar refractivity (Wildman–Crippen MR) is 115 cm³/mol. The number of rotatable bonds is 5. The molecule has 29 heavy (non-hydrogen) atoms. The Hall–Kier alpha value is -2.37. The van der Waals surface area contributed by atoms with Crippen LogP contribution in [0.15, 0.2) is 48.5 Å². The number of aryl methyl sites for hydroxylation is 1. The van der Waals surface area contributed by atoms with Gasteiger partial charge in [0.2, 0.25) is 5.91 Å². The van der Waals surface area contributed by atoms with Crippen LogP contribution in [0.4, 0.5) is 0 Å². The molecule has 0 spiro atoms. The van der Waals surface area contributed by atoms with Crippen LogP contribution < -0.4 is 0 Å². The zero-order valence-electron chi connectivity index (χ0n) is 17.6. The van der Waals surface area contributed by atoms with Crippen LogP contribution in [0.3, 0.4) is 0 Å². The second-order valence-electron chi connectivity index (χ2n) is 8.87. The number of likely N-dealkylation sites (tertiary alicyclic amines) is 2. The molecule has 5 nitrogen and oxygen atoms in total. The van der Waals surface area contributed by atoms with E-state index in [2.05, 4.69) is 47.1 Å². The van der Waals surface area contributed by atoms with Gasteiger partial charge < -0.3 is 14.9 Å². The Bertz CT molecular complexity index is 882. The largest absolute Gasteiger partial charge is 0.508 e. The molecule has 1 N–H and O–H groups in total. The normalized spacial score (nSPS) is 24.3. The van der Waals surface area contributed by atoms with Crippen molar-refractivity contribution in [3.05, 3.63) is 65.2 Å². The van der Waals surface area contributed by atoms with Gasteiger partial charge in [-0.25, -0.2) is 0 Å². The molecule has 3 atom stereocenters. The van der Waals surface area contributed by atoms with E-state index in [1.807, 2.05) is 31.1 Å². The van der Waals surface area contributed by atoms with Gasteiger partial charge in [0.15, 0.2) is 0 Å². The van der Waals surface area contributed by atoms with Gasteiger partial charge in [0.1, 0.15) is 5.75 Å². The topological polar surface area (TPSA) is 47.0 Å². The second-order valence-corrected chi connectivity index (χ2v) is 8.87. The number of aromatic hydroxyl groups is 1. The van der Waals surface area contributed by atoms with E-state index in [1.54, 1.807) is 6.07 Å². The zero-order valence-corrected chi connectivity index (χ0v) is 17.6. The summed E-state index contributed by atoms with van der Waals surface area (Å²) in [5.41, 5.74) is 3.68. The van der Waals surface area contributed by atoms with Crippen molar-refractivity contribution in [3.8, 4) is 5.75 Å². The van der Waals surface area contributed by atoms with Crippen LogP contribution in [0.2, 0.25) is 0 Å². The molecule has 0 aliphatic carbocycles. The van der Waals surface area contributed by atoms with Crippen LogP contribution in [-0.2, 0) is 11.3 Å². The molecule has 1 amide bonds. The van der Waals surface area contributed by atoms with Crippen molar-refractivity contribution >= 4 is 5.91 Å². The lowest BCUT2D eigenvalue weighted by Crippen LogP contribution is -2.40. The molecule has 0 radical (unpaired) electrons. The molecular formula is C24H31N3O2. The molecule has 2 aliphatic heterocycles. The van der Waals surface area contributed by atoms with Gasteiger partial charge in [-0.2, -0.15) is 0 Å². The number of fused-ring (bicyclic) bond motifs is 1. The van der Waals surface area contributed by atoms with Gasteiger partial charge in [0, 0.05) is 32.1 Å². The molecule has 4 rings (SSSR count). The Labute approximate surface area is 173 Å². The van der Waals surface area contributed by atoms with E-state index in [0.29, 0.717) is 24.1 Å². The maximum absolute atomic E-state index is 13.0. The average molecular weight is 394 g/mol. The Morgan fingerprint density at radius 3 is 2.62 bits per heavy atom. The molecule has 0 saturated carbocycles. The van der Waals surface area contributed by atoms with Gasteiger partial charge in [-0.15, -0.1) is 0 Å². The first-order valence-electron chi connectivity index (χ1n) is 10.4. The van der Waals surface area contributed by atoms with Crippen LogP contribution >= 0.6 is 0 Å². The van der Waals surface area contributed by atoms with Crippen LogP contribution in [0.1, 0.15) is 22.7 Å². The Balaban J connectivity index is 1.57. The van der Waals surface area contributed by atoms with Gasteiger partial charge in [-0.1, -0.05) is 36.4 Å². The summed E-state index contributed by atoms with van der Waals surface area (Å²) in [4.78, 5) is 19.6. The second kappa shape index (κ2) is 8.17. The number of carbonyl (C=O) groups is 1. The summed E-state index contributed by atoms with van der Waals surface area (Å²) in [5, 5.41) is 9.77. The lowest BCUT2D eigenvalue weighted by Gasteiger charge is -2.31. The molecular weight excluding hydrogens is 362 g/mol. The molecule has 0 aromatic heterocycles. The van der Waals surface area contributed by atoms with E-state index in [9.17, 15) is 9.90 Å². The number of phenolic OH excluding ortho intramolecular Hbond substituents is 1. The van der Waals surface area contributed by atoms with Crippen LogP contribution in [0.25, 0.3) is 0 Å². The number of phenols is 1. The number of likely N-dealkylation sites (N-methyl/N-ethyl adjacent to an activating group) is 1. The molecule has 2 heterocycles. The molecule has 0 bridgehead atoms. The Morgan fingerprint density at radius 1 is 1.10 bits per heavy atom. The monoisotopic (exact) mass is 393 g/mol. The van der Waals surface area contributed by atoms with Crippen molar-refractivity contribution in [1.82, 2.24) is 14.7 Å². The van der Waals surface area contributed by atoms with Crippen molar-refractivity contribution in [3.63, 3.8) is 0 Å². The number of amides is 1. The van der Waals surface area contributed by atoms with Gasteiger partial charge in [0.25, 0.3) is 0 Å². The lowest BCUT2D eigenvalue weighted by atomic mass is 9.87. The number of hydrogen-bond acceptors (Lipinski definition) is 4. The fraction of sp³-hybridized carbons (Fsp3) is 0.458. The fourth-order valence-corrected chi connectivity index (χ4v) is 5.11. The number of nitrogens with zero attached hydrogens (tertiary/aromatic N) is 3. The van der Waals surface area contributed by atoms with Crippen LogP contribution in [-0.4, -0.2) is 66.0 Å². The standard InChI is InChI=1S/C24H31N3O2/c1-17-7-4-5-10-21(17)24-22-15-26(12-18-8-6-9-20(28)11-18)13-19(22)14-27(24)23(29)16-25(2)3/h4-11,19,22,24,28H,12-16H2,1-3H3/t19-,22-,24+/m1/s1. The van der Waals surface area contributed by atoms with Crippen LogP contribution in [0, 0.1) is 18.8 Å². The molecule has 154 valence electrons. The van der Waals surface area contributed by atoms with Gasteiger partial charge in [-0.3, -0.25) is 9.69 Å². The number of hydrogen-bond donors (Lipinski definition) is 1. The third-order valence-corrected chi connectivity index (χ3v) is 6.34. The minimum Gasteiger partial charge on any atom is -0.508 e. The van der Waals surface area contributed by atoms with Gasteiger partial charge in [0.05, 0.1) is 12.6 Å². The van der Waals surface area contributed by atoms with E-state index in [1.165, 1.54) is 11.1 Å². The SMILES string of the molecule is Cc1ccccc1[C@H]1[C@@H]2CN(Cc3cccc(O)c3)C[C@@H]2CN1C(=O)CN(C)C. The molecule has 5 heteroatoms. The first-order chi connectivity index (χ1) is 13.9. The van der Waals surface area contributed by atoms with Crippen molar-refractivity contribution in [2.45, 2.75) is 19.5 Å². The van der Waals surface area contributed by atoms with E-state index in [-0.39, 0.29) is 11.9 Å². The fourth-order valence-electron chi connectivity index (χ4n) is 5.11. The highest BCUT2D eigenvalue weighted by Gasteiger charge is 2.49.